The zero-order chi connectivity index (χ0) is 13.0. The van der Waals surface area contributed by atoms with Crippen LogP contribution in [0.3, 0.4) is 0 Å². The molecule has 0 radical (unpaired) electrons. The van der Waals surface area contributed by atoms with Crippen LogP contribution in [0.2, 0.25) is 0 Å². The highest BCUT2D eigenvalue weighted by Crippen LogP contribution is 2.21. The number of urea groups is 1. The molecular weight excluding hydrogens is 230 g/mol. The van der Waals surface area contributed by atoms with Crippen LogP contribution in [-0.4, -0.2) is 25.3 Å². The Morgan fingerprint density at radius 3 is 2.72 bits per heavy atom. The van der Waals surface area contributed by atoms with E-state index in [2.05, 4.69) is 10.6 Å². The molecule has 0 aromatic heterocycles. The van der Waals surface area contributed by atoms with Crippen molar-refractivity contribution in [1.29, 1.82) is 0 Å². The van der Waals surface area contributed by atoms with E-state index in [1.807, 2.05) is 0 Å². The minimum absolute atomic E-state index is 0.101. The minimum atomic E-state index is -0.200. The molecule has 98 valence electrons. The summed E-state index contributed by atoms with van der Waals surface area (Å²) in [6.07, 6.45) is 3.18. The van der Waals surface area contributed by atoms with Gasteiger partial charge >= 0.3 is 6.03 Å². The average molecular weight is 249 g/mol. The number of nitrogens with two attached hydrogens (primary N) is 1. The van der Waals surface area contributed by atoms with Crippen LogP contribution < -0.4 is 16.4 Å². The fraction of sp³-hybridized carbons (Fsp3) is 0.462. The second-order valence-corrected chi connectivity index (χ2v) is 4.53. The number of hydrogen-bond donors (Lipinski definition) is 3. The van der Waals surface area contributed by atoms with Crippen LogP contribution in [0.5, 0.6) is 0 Å². The number of ether oxygens (including phenoxy) is 1. The molecule has 2 atom stereocenters. The molecule has 18 heavy (non-hydrogen) atoms. The predicted molar refractivity (Wildman–Crippen MR) is 71.4 cm³/mol. The first-order valence-electron chi connectivity index (χ1n) is 6.15. The normalized spacial score (nSPS) is 22.7. The Morgan fingerprint density at radius 2 is 2.06 bits per heavy atom. The lowest BCUT2D eigenvalue weighted by Gasteiger charge is -2.19. The monoisotopic (exact) mass is 249 g/mol. The van der Waals surface area contributed by atoms with Crippen LogP contribution >= 0.6 is 0 Å². The van der Waals surface area contributed by atoms with Crippen molar-refractivity contribution >= 4 is 17.4 Å². The van der Waals surface area contributed by atoms with Gasteiger partial charge in [0.05, 0.1) is 12.1 Å². The summed E-state index contributed by atoms with van der Waals surface area (Å²) < 4.78 is 5.33. The Bertz CT molecular complexity index is 405. The van der Waals surface area contributed by atoms with Gasteiger partial charge < -0.3 is 21.1 Å². The van der Waals surface area contributed by atoms with Crippen molar-refractivity contribution in [3.63, 3.8) is 0 Å². The number of anilines is 2. The van der Waals surface area contributed by atoms with Gasteiger partial charge in [0.15, 0.2) is 0 Å². The van der Waals surface area contributed by atoms with E-state index in [1.165, 1.54) is 0 Å². The Hall–Kier alpha value is -1.75. The zero-order valence-electron chi connectivity index (χ0n) is 10.5. The molecule has 0 bridgehead atoms. The number of carbonyl (C=O) groups is 1. The van der Waals surface area contributed by atoms with E-state index in [4.69, 9.17) is 10.5 Å². The molecule has 0 heterocycles. The van der Waals surface area contributed by atoms with Gasteiger partial charge in [0, 0.05) is 18.5 Å². The van der Waals surface area contributed by atoms with E-state index >= 15 is 0 Å². The quantitative estimate of drug-likeness (QED) is 0.717. The topological polar surface area (TPSA) is 76.4 Å². The molecule has 2 unspecified atom stereocenters. The summed E-state index contributed by atoms with van der Waals surface area (Å²) in [7, 11) is 1.68. The molecule has 1 aromatic carbocycles. The largest absolute Gasteiger partial charge is 0.399 e. The summed E-state index contributed by atoms with van der Waals surface area (Å²) in [6.45, 7) is 0. The Morgan fingerprint density at radius 1 is 1.33 bits per heavy atom. The number of nitrogen functional groups attached to an aromatic ring is 1. The van der Waals surface area contributed by atoms with E-state index in [0.29, 0.717) is 5.69 Å². The predicted octanol–water partition coefficient (Wildman–Crippen LogP) is 1.96. The lowest BCUT2D eigenvalue weighted by Crippen LogP contribution is -2.42. The van der Waals surface area contributed by atoms with Gasteiger partial charge in [-0.3, -0.25) is 0 Å². The van der Waals surface area contributed by atoms with Crippen LogP contribution in [-0.2, 0) is 4.74 Å². The minimum Gasteiger partial charge on any atom is -0.399 e. The standard InChI is InChI=1S/C13H19N3O2/c1-18-12-4-2-3-11(12)16-13(17)15-10-7-5-9(14)6-8-10/h5-8,11-12H,2-4,14H2,1H3,(H2,15,16,17). The third kappa shape index (κ3) is 3.13. The summed E-state index contributed by atoms with van der Waals surface area (Å²) in [5.41, 5.74) is 6.99. The van der Waals surface area contributed by atoms with E-state index in [9.17, 15) is 4.79 Å². The van der Waals surface area contributed by atoms with Crippen LogP contribution in [0, 0.1) is 0 Å². The van der Waals surface area contributed by atoms with Crippen LogP contribution in [0.1, 0.15) is 19.3 Å². The fourth-order valence-corrected chi connectivity index (χ4v) is 2.28. The summed E-state index contributed by atoms with van der Waals surface area (Å²) >= 11 is 0. The Balaban J connectivity index is 1.86. The molecule has 1 aromatic rings. The van der Waals surface area contributed by atoms with Crippen molar-refractivity contribution in [2.45, 2.75) is 31.4 Å². The first-order chi connectivity index (χ1) is 8.69. The van der Waals surface area contributed by atoms with Gasteiger partial charge in [-0.05, 0) is 43.5 Å². The maximum atomic E-state index is 11.8. The molecule has 1 fully saturated rings. The highest BCUT2D eigenvalue weighted by atomic mass is 16.5. The molecule has 5 heteroatoms. The van der Waals surface area contributed by atoms with E-state index in [0.717, 1.165) is 24.9 Å². The molecule has 1 aliphatic rings. The molecule has 2 rings (SSSR count). The second-order valence-electron chi connectivity index (χ2n) is 4.53. The molecule has 1 aliphatic carbocycles. The van der Waals surface area contributed by atoms with Crippen LogP contribution in [0.4, 0.5) is 16.2 Å². The molecule has 1 saturated carbocycles. The SMILES string of the molecule is COC1CCCC1NC(=O)Nc1ccc(N)cc1. The Kier molecular flexibility index (Phi) is 4.04. The van der Waals surface area contributed by atoms with Crippen molar-refractivity contribution in [3.8, 4) is 0 Å². The molecule has 0 saturated heterocycles. The van der Waals surface area contributed by atoms with Gasteiger partial charge in [0.1, 0.15) is 0 Å². The van der Waals surface area contributed by atoms with Gasteiger partial charge in [0.2, 0.25) is 0 Å². The van der Waals surface area contributed by atoms with Crippen molar-refractivity contribution in [3.05, 3.63) is 24.3 Å². The van der Waals surface area contributed by atoms with Crippen molar-refractivity contribution in [2.24, 2.45) is 0 Å². The molecule has 4 N–H and O–H groups in total. The van der Waals surface area contributed by atoms with Crippen LogP contribution in [0.25, 0.3) is 0 Å². The number of amides is 2. The zero-order valence-corrected chi connectivity index (χ0v) is 10.5. The van der Waals surface area contributed by atoms with E-state index < -0.39 is 0 Å². The third-order valence-corrected chi connectivity index (χ3v) is 3.24. The molecular formula is C13H19N3O2. The summed E-state index contributed by atoms with van der Waals surface area (Å²) in [5, 5.41) is 5.72. The third-order valence-electron chi connectivity index (χ3n) is 3.24. The van der Waals surface area contributed by atoms with E-state index in [1.54, 1.807) is 31.4 Å². The molecule has 0 aliphatic heterocycles. The van der Waals surface area contributed by atoms with E-state index in [-0.39, 0.29) is 18.2 Å². The highest BCUT2D eigenvalue weighted by Gasteiger charge is 2.28. The summed E-state index contributed by atoms with van der Waals surface area (Å²) in [4.78, 5) is 11.8. The number of hydrogen-bond acceptors (Lipinski definition) is 3. The maximum absolute atomic E-state index is 11.8. The Labute approximate surface area is 107 Å². The smallest absolute Gasteiger partial charge is 0.319 e. The first kappa shape index (κ1) is 12.7. The molecule has 0 spiro atoms. The van der Waals surface area contributed by atoms with Gasteiger partial charge in [0.25, 0.3) is 0 Å². The number of carbonyl (C=O) groups excluding carboxylic acids is 1. The summed E-state index contributed by atoms with van der Waals surface area (Å²) in [6, 6.07) is 6.96. The van der Waals surface area contributed by atoms with Crippen LogP contribution in [0.15, 0.2) is 24.3 Å². The summed E-state index contributed by atoms with van der Waals surface area (Å²) in [5.74, 6) is 0. The van der Waals surface area contributed by atoms with Gasteiger partial charge in [-0.25, -0.2) is 4.79 Å². The lowest BCUT2D eigenvalue weighted by molar-refractivity contribution is 0.0882. The highest BCUT2D eigenvalue weighted by molar-refractivity contribution is 5.89. The number of benzene rings is 1. The van der Waals surface area contributed by atoms with Crippen molar-refractivity contribution < 1.29 is 9.53 Å². The lowest BCUT2D eigenvalue weighted by atomic mass is 10.2. The van der Waals surface area contributed by atoms with Crippen molar-refractivity contribution in [2.75, 3.05) is 18.2 Å². The average Bonchev–Trinajstić information content (AvgIpc) is 2.79. The second kappa shape index (κ2) is 5.73. The van der Waals surface area contributed by atoms with Gasteiger partial charge in [-0.2, -0.15) is 0 Å². The maximum Gasteiger partial charge on any atom is 0.319 e. The van der Waals surface area contributed by atoms with Gasteiger partial charge in [-0.1, -0.05) is 0 Å². The molecule has 5 nitrogen and oxygen atoms in total. The number of rotatable bonds is 3. The van der Waals surface area contributed by atoms with Crippen molar-refractivity contribution in [1.82, 2.24) is 5.32 Å². The first-order valence-corrected chi connectivity index (χ1v) is 6.15. The molecule has 2 amide bonds. The number of methoxy groups -OCH3 is 1. The number of nitrogens with one attached hydrogen (secondary N) is 2. The fourth-order valence-electron chi connectivity index (χ4n) is 2.28. The van der Waals surface area contributed by atoms with Gasteiger partial charge in [-0.15, -0.1) is 0 Å².